The molecule has 0 amide bonds. The number of nitrogens with one attached hydrogen (secondary N) is 1. The summed E-state index contributed by atoms with van der Waals surface area (Å²) in [5.74, 6) is 3.23. The molecule has 0 spiro atoms. The largest absolute Gasteiger partial charge is 0.497 e. The average Bonchev–Trinajstić information content (AvgIpc) is 2.71. The van der Waals surface area contributed by atoms with Crippen molar-refractivity contribution in [3.05, 3.63) is 23.8 Å². The normalized spacial score (nSPS) is 27.6. The Balaban J connectivity index is 2.01. The Labute approximate surface area is 95.8 Å². The number of fused-ring (bicyclic) bond motifs is 3. The van der Waals surface area contributed by atoms with Crippen LogP contribution < -0.4 is 14.8 Å². The molecule has 86 valence electrons. The number of methoxy groups -OCH3 is 1. The summed E-state index contributed by atoms with van der Waals surface area (Å²) in [4.78, 5) is 0. The van der Waals surface area contributed by atoms with Gasteiger partial charge in [0.2, 0.25) is 0 Å². The van der Waals surface area contributed by atoms with Gasteiger partial charge in [0.15, 0.2) is 0 Å². The molecule has 2 aliphatic rings. The predicted molar refractivity (Wildman–Crippen MR) is 62.2 cm³/mol. The summed E-state index contributed by atoms with van der Waals surface area (Å²) in [5.41, 5.74) is 1.34. The van der Waals surface area contributed by atoms with E-state index in [1.807, 2.05) is 12.1 Å². The molecule has 0 radical (unpaired) electrons. The minimum Gasteiger partial charge on any atom is -0.497 e. The van der Waals surface area contributed by atoms with Crippen LogP contribution in [0.1, 0.15) is 17.9 Å². The molecule has 3 rings (SSSR count). The SMILES string of the molecule is COc1ccc2c(c1)OCCC1CNCC21. The van der Waals surface area contributed by atoms with E-state index in [1.165, 1.54) is 5.56 Å². The van der Waals surface area contributed by atoms with Crippen molar-refractivity contribution in [2.75, 3.05) is 26.8 Å². The second kappa shape index (κ2) is 3.98. The Morgan fingerprint density at radius 1 is 1.38 bits per heavy atom. The quantitative estimate of drug-likeness (QED) is 0.781. The maximum Gasteiger partial charge on any atom is 0.126 e. The lowest BCUT2D eigenvalue weighted by atomic mass is 9.87. The summed E-state index contributed by atoms with van der Waals surface area (Å²) in [6.45, 7) is 3.02. The zero-order valence-corrected chi connectivity index (χ0v) is 9.53. The number of hydrogen-bond acceptors (Lipinski definition) is 3. The lowest BCUT2D eigenvalue weighted by molar-refractivity contribution is 0.295. The first-order valence-corrected chi connectivity index (χ1v) is 5.90. The van der Waals surface area contributed by atoms with Crippen molar-refractivity contribution in [2.45, 2.75) is 12.3 Å². The van der Waals surface area contributed by atoms with Crippen molar-refractivity contribution in [3.8, 4) is 11.5 Å². The van der Waals surface area contributed by atoms with E-state index in [-0.39, 0.29) is 0 Å². The summed E-state index contributed by atoms with van der Waals surface area (Å²) in [6.07, 6.45) is 1.15. The van der Waals surface area contributed by atoms with Crippen molar-refractivity contribution in [1.82, 2.24) is 5.32 Å². The average molecular weight is 219 g/mol. The van der Waals surface area contributed by atoms with Crippen LogP contribution in [-0.4, -0.2) is 26.8 Å². The second-order valence-electron chi connectivity index (χ2n) is 4.57. The van der Waals surface area contributed by atoms with Gasteiger partial charge in [-0.3, -0.25) is 0 Å². The van der Waals surface area contributed by atoms with Gasteiger partial charge < -0.3 is 14.8 Å². The summed E-state index contributed by atoms with van der Waals surface area (Å²) >= 11 is 0. The maximum absolute atomic E-state index is 5.82. The smallest absolute Gasteiger partial charge is 0.126 e. The summed E-state index contributed by atoms with van der Waals surface area (Å²) in [5, 5.41) is 3.47. The second-order valence-corrected chi connectivity index (χ2v) is 4.57. The summed E-state index contributed by atoms with van der Waals surface area (Å²) < 4.78 is 11.1. The van der Waals surface area contributed by atoms with Crippen molar-refractivity contribution in [3.63, 3.8) is 0 Å². The molecule has 3 heteroatoms. The van der Waals surface area contributed by atoms with Gasteiger partial charge in [0, 0.05) is 18.5 Å². The Morgan fingerprint density at radius 3 is 3.19 bits per heavy atom. The van der Waals surface area contributed by atoms with E-state index in [4.69, 9.17) is 9.47 Å². The maximum atomic E-state index is 5.82. The first-order valence-electron chi connectivity index (χ1n) is 5.90. The van der Waals surface area contributed by atoms with Crippen LogP contribution in [0.5, 0.6) is 11.5 Å². The molecule has 1 aromatic rings. The molecule has 2 heterocycles. The zero-order chi connectivity index (χ0) is 11.0. The fourth-order valence-electron chi connectivity index (χ4n) is 2.79. The Kier molecular flexibility index (Phi) is 2.48. The lowest BCUT2D eigenvalue weighted by Crippen LogP contribution is -2.11. The third-order valence-corrected chi connectivity index (χ3v) is 3.71. The summed E-state index contributed by atoms with van der Waals surface area (Å²) in [7, 11) is 1.69. The zero-order valence-electron chi connectivity index (χ0n) is 9.53. The summed E-state index contributed by atoms with van der Waals surface area (Å²) in [6, 6.07) is 6.20. The minimum atomic E-state index is 0.614. The van der Waals surface area contributed by atoms with Crippen molar-refractivity contribution < 1.29 is 9.47 Å². The van der Waals surface area contributed by atoms with Gasteiger partial charge in [-0.15, -0.1) is 0 Å². The first kappa shape index (κ1) is 9.97. The van der Waals surface area contributed by atoms with Gasteiger partial charge in [-0.05, 0) is 30.5 Å². The van der Waals surface area contributed by atoms with Gasteiger partial charge in [0.25, 0.3) is 0 Å². The molecule has 1 aromatic carbocycles. The van der Waals surface area contributed by atoms with E-state index in [0.29, 0.717) is 5.92 Å². The third-order valence-electron chi connectivity index (χ3n) is 3.71. The first-order chi connectivity index (χ1) is 7.88. The highest BCUT2D eigenvalue weighted by atomic mass is 16.5. The fourth-order valence-corrected chi connectivity index (χ4v) is 2.79. The number of hydrogen-bond donors (Lipinski definition) is 1. The van der Waals surface area contributed by atoms with Crippen LogP contribution in [0.2, 0.25) is 0 Å². The van der Waals surface area contributed by atoms with Crippen LogP contribution in [0.4, 0.5) is 0 Å². The van der Waals surface area contributed by atoms with Gasteiger partial charge in [0.1, 0.15) is 11.5 Å². The standard InChI is InChI=1S/C13H17NO2/c1-15-10-2-3-11-12-8-14-7-9(12)4-5-16-13(11)6-10/h2-3,6,9,12,14H,4-5,7-8H2,1H3. The molecule has 3 nitrogen and oxygen atoms in total. The number of benzene rings is 1. The molecule has 2 atom stereocenters. The van der Waals surface area contributed by atoms with Crippen LogP contribution in [0.3, 0.4) is 0 Å². The third kappa shape index (κ3) is 1.55. The van der Waals surface area contributed by atoms with Gasteiger partial charge in [0.05, 0.1) is 13.7 Å². The predicted octanol–water partition coefficient (Wildman–Crippen LogP) is 1.78. The van der Waals surface area contributed by atoms with E-state index in [2.05, 4.69) is 11.4 Å². The van der Waals surface area contributed by atoms with E-state index in [9.17, 15) is 0 Å². The molecule has 2 unspecified atom stereocenters. The van der Waals surface area contributed by atoms with Crippen molar-refractivity contribution in [1.29, 1.82) is 0 Å². The molecule has 1 saturated heterocycles. The monoisotopic (exact) mass is 219 g/mol. The molecule has 0 saturated carbocycles. The van der Waals surface area contributed by atoms with E-state index < -0.39 is 0 Å². The number of rotatable bonds is 1. The topological polar surface area (TPSA) is 30.5 Å². The highest BCUT2D eigenvalue weighted by molar-refractivity contribution is 5.44. The van der Waals surface area contributed by atoms with Crippen LogP contribution in [-0.2, 0) is 0 Å². The molecule has 1 fully saturated rings. The Bertz CT molecular complexity index is 392. The lowest BCUT2D eigenvalue weighted by Gasteiger charge is -2.16. The van der Waals surface area contributed by atoms with Crippen LogP contribution in [0, 0.1) is 5.92 Å². The van der Waals surface area contributed by atoms with Crippen LogP contribution in [0.25, 0.3) is 0 Å². The Morgan fingerprint density at radius 2 is 2.31 bits per heavy atom. The molecule has 0 aromatic heterocycles. The van der Waals surface area contributed by atoms with Gasteiger partial charge >= 0.3 is 0 Å². The van der Waals surface area contributed by atoms with Crippen LogP contribution >= 0.6 is 0 Å². The van der Waals surface area contributed by atoms with E-state index >= 15 is 0 Å². The molecular formula is C13H17NO2. The molecule has 2 aliphatic heterocycles. The number of ether oxygens (including phenoxy) is 2. The Hall–Kier alpha value is -1.22. The molecular weight excluding hydrogens is 202 g/mol. The minimum absolute atomic E-state index is 0.614. The van der Waals surface area contributed by atoms with Crippen LogP contribution in [0.15, 0.2) is 18.2 Å². The molecule has 1 N–H and O–H groups in total. The van der Waals surface area contributed by atoms with Crippen molar-refractivity contribution in [2.24, 2.45) is 5.92 Å². The highest BCUT2D eigenvalue weighted by Gasteiger charge is 2.32. The molecule has 16 heavy (non-hydrogen) atoms. The van der Waals surface area contributed by atoms with Gasteiger partial charge in [-0.2, -0.15) is 0 Å². The fraction of sp³-hybridized carbons (Fsp3) is 0.538. The van der Waals surface area contributed by atoms with E-state index in [1.54, 1.807) is 7.11 Å². The van der Waals surface area contributed by atoms with E-state index in [0.717, 1.165) is 43.5 Å². The van der Waals surface area contributed by atoms with Gasteiger partial charge in [-0.25, -0.2) is 0 Å². The highest BCUT2D eigenvalue weighted by Crippen LogP contribution is 2.40. The molecule has 0 bridgehead atoms. The van der Waals surface area contributed by atoms with Gasteiger partial charge in [-0.1, -0.05) is 6.07 Å². The van der Waals surface area contributed by atoms with Crippen molar-refractivity contribution >= 4 is 0 Å². The molecule has 0 aliphatic carbocycles.